The average Bonchev–Trinajstić information content (AvgIpc) is 2.41. The van der Waals surface area contributed by atoms with E-state index in [1.165, 1.54) is 12.1 Å². The number of aromatic nitrogens is 1. The molecule has 0 aliphatic heterocycles. The van der Waals surface area contributed by atoms with Gasteiger partial charge in [-0.1, -0.05) is 11.6 Å². The first-order valence-corrected chi connectivity index (χ1v) is 6.52. The van der Waals surface area contributed by atoms with Gasteiger partial charge in [0.05, 0.1) is 10.6 Å². The fourth-order valence-electron chi connectivity index (χ4n) is 1.52. The summed E-state index contributed by atoms with van der Waals surface area (Å²) in [5.41, 5.74) is -0.00749. The summed E-state index contributed by atoms with van der Waals surface area (Å²) >= 11 is 8.87. The van der Waals surface area contributed by atoms with E-state index < -0.39 is 10.8 Å². The molecule has 8 heteroatoms. The van der Waals surface area contributed by atoms with Gasteiger partial charge in [0.15, 0.2) is 0 Å². The van der Waals surface area contributed by atoms with E-state index in [1.54, 1.807) is 18.3 Å². The van der Waals surface area contributed by atoms with Crippen LogP contribution in [0.25, 0.3) is 0 Å². The second kappa shape index (κ2) is 5.98. The number of nitrogens with zero attached hydrogens (tertiary/aromatic N) is 2. The number of nitrogens with one attached hydrogen (secondary N) is 1. The van der Waals surface area contributed by atoms with Crippen LogP contribution < -0.4 is 5.32 Å². The zero-order chi connectivity index (χ0) is 14.7. The monoisotopic (exact) mass is 355 g/mol. The first-order chi connectivity index (χ1) is 9.49. The summed E-state index contributed by atoms with van der Waals surface area (Å²) < 4.78 is 0.435. The van der Waals surface area contributed by atoms with Gasteiger partial charge in [-0.05, 0) is 40.2 Å². The predicted octanol–water partition coefficient (Wildman–Crippen LogP) is 3.66. The number of halogens is 2. The van der Waals surface area contributed by atoms with Crippen molar-refractivity contribution in [2.75, 3.05) is 5.32 Å². The highest BCUT2D eigenvalue weighted by molar-refractivity contribution is 9.10. The number of nitro benzene ring substituents is 1. The van der Waals surface area contributed by atoms with E-state index in [0.29, 0.717) is 10.3 Å². The quantitative estimate of drug-likeness (QED) is 0.516. The number of carbonyl (C=O) groups is 1. The van der Waals surface area contributed by atoms with Crippen LogP contribution in [-0.4, -0.2) is 15.8 Å². The zero-order valence-corrected chi connectivity index (χ0v) is 12.2. The minimum absolute atomic E-state index is 0.0739. The maximum absolute atomic E-state index is 12.1. The summed E-state index contributed by atoms with van der Waals surface area (Å²) in [5, 5.41) is 13.7. The van der Waals surface area contributed by atoms with E-state index >= 15 is 0 Å². The summed E-state index contributed by atoms with van der Waals surface area (Å²) in [6.45, 7) is 0. The maximum Gasteiger partial charge on any atom is 0.283 e. The molecule has 6 nitrogen and oxygen atoms in total. The van der Waals surface area contributed by atoms with Crippen LogP contribution in [0.1, 0.15) is 10.4 Å². The van der Waals surface area contributed by atoms with Gasteiger partial charge in [0.1, 0.15) is 10.2 Å². The molecule has 1 aromatic heterocycles. The molecule has 2 rings (SSSR count). The highest BCUT2D eigenvalue weighted by atomic mass is 79.9. The van der Waals surface area contributed by atoms with Crippen molar-refractivity contribution in [3.8, 4) is 0 Å². The molecule has 1 heterocycles. The number of carbonyl (C=O) groups excluding carboxylic acids is 1. The van der Waals surface area contributed by atoms with Crippen molar-refractivity contribution in [2.24, 2.45) is 0 Å². The van der Waals surface area contributed by atoms with Gasteiger partial charge < -0.3 is 5.32 Å². The largest absolute Gasteiger partial charge is 0.319 e. The third-order valence-electron chi connectivity index (χ3n) is 2.41. The lowest BCUT2D eigenvalue weighted by Crippen LogP contribution is -2.14. The Bertz CT molecular complexity index is 693. The SMILES string of the molecule is O=C(Nc1cccnc1Br)c1ccc(Cl)cc1[N+](=O)[O-]. The third-order valence-corrected chi connectivity index (χ3v) is 3.28. The Labute approximate surface area is 127 Å². The van der Waals surface area contributed by atoms with E-state index in [-0.39, 0.29) is 16.3 Å². The van der Waals surface area contributed by atoms with Crippen LogP contribution >= 0.6 is 27.5 Å². The van der Waals surface area contributed by atoms with Crippen molar-refractivity contribution in [1.29, 1.82) is 0 Å². The first kappa shape index (κ1) is 14.4. The molecule has 0 bridgehead atoms. The number of nitro groups is 1. The van der Waals surface area contributed by atoms with Gasteiger partial charge in [-0.3, -0.25) is 14.9 Å². The number of rotatable bonds is 3. The molecule has 0 aliphatic carbocycles. The lowest BCUT2D eigenvalue weighted by atomic mass is 10.1. The van der Waals surface area contributed by atoms with Crippen LogP contribution in [0, 0.1) is 10.1 Å². The summed E-state index contributed by atoms with van der Waals surface area (Å²) in [6.07, 6.45) is 1.55. The minimum Gasteiger partial charge on any atom is -0.319 e. The predicted molar refractivity (Wildman–Crippen MR) is 78.0 cm³/mol. The number of hydrogen-bond acceptors (Lipinski definition) is 4. The number of anilines is 1. The van der Waals surface area contributed by atoms with Crippen LogP contribution in [0.5, 0.6) is 0 Å². The Kier molecular flexibility index (Phi) is 4.31. The van der Waals surface area contributed by atoms with E-state index in [1.807, 2.05) is 0 Å². The Morgan fingerprint density at radius 1 is 1.40 bits per heavy atom. The second-order valence-corrected chi connectivity index (χ2v) is 4.90. The van der Waals surface area contributed by atoms with Crippen molar-refractivity contribution in [1.82, 2.24) is 4.98 Å². The van der Waals surface area contributed by atoms with Crippen LogP contribution in [0.4, 0.5) is 11.4 Å². The molecule has 20 heavy (non-hydrogen) atoms. The standard InChI is InChI=1S/C12H7BrClN3O3/c13-11-9(2-1-5-15-11)16-12(18)8-4-3-7(14)6-10(8)17(19)20/h1-6H,(H,16,18). The highest BCUT2D eigenvalue weighted by Gasteiger charge is 2.21. The maximum atomic E-state index is 12.1. The molecule has 1 aromatic carbocycles. The Hall–Kier alpha value is -1.99. The molecule has 0 saturated carbocycles. The molecule has 0 unspecified atom stereocenters. The third kappa shape index (κ3) is 3.12. The number of hydrogen-bond donors (Lipinski definition) is 1. The average molecular weight is 357 g/mol. The molecule has 2 aromatic rings. The van der Waals surface area contributed by atoms with Crippen molar-refractivity contribution in [2.45, 2.75) is 0 Å². The van der Waals surface area contributed by atoms with E-state index in [4.69, 9.17) is 11.6 Å². The van der Waals surface area contributed by atoms with Crippen LogP contribution in [0.3, 0.4) is 0 Å². The van der Waals surface area contributed by atoms with Gasteiger partial charge in [0, 0.05) is 17.3 Å². The molecule has 0 spiro atoms. The van der Waals surface area contributed by atoms with Gasteiger partial charge >= 0.3 is 0 Å². The Morgan fingerprint density at radius 3 is 2.80 bits per heavy atom. The van der Waals surface area contributed by atoms with Crippen LogP contribution in [-0.2, 0) is 0 Å². The second-order valence-electron chi connectivity index (χ2n) is 3.71. The highest BCUT2D eigenvalue weighted by Crippen LogP contribution is 2.25. The van der Waals surface area contributed by atoms with Crippen molar-refractivity contribution in [3.63, 3.8) is 0 Å². The summed E-state index contributed by atoms with van der Waals surface area (Å²) in [5.74, 6) is -0.609. The van der Waals surface area contributed by atoms with Crippen LogP contribution in [0.2, 0.25) is 5.02 Å². The number of benzene rings is 1. The molecule has 102 valence electrons. The molecule has 0 atom stereocenters. The van der Waals surface area contributed by atoms with Crippen molar-refractivity contribution < 1.29 is 9.72 Å². The number of amides is 1. The van der Waals surface area contributed by atoms with E-state index in [2.05, 4.69) is 26.2 Å². The first-order valence-electron chi connectivity index (χ1n) is 5.35. The summed E-state index contributed by atoms with van der Waals surface area (Å²) in [7, 11) is 0. The molecular formula is C12H7BrClN3O3. The molecule has 1 amide bonds. The molecule has 0 saturated heterocycles. The molecule has 0 aliphatic rings. The van der Waals surface area contributed by atoms with Crippen LogP contribution in [0.15, 0.2) is 41.1 Å². The normalized spacial score (nSPS) is 10.1. The Morgan fingerprint density at radius 2 is 2.15 bits per heavy atom. The summed E-state index contributed by atoms with van der Waals surface area (Å²) in [6, 6.07) is 7.12. The fourth-order valence-corrected chi connectivity index (χ4v) is 2.03. The minimum atomic E-state index is -0.654. The zero-order valence-electron chi connectivity index (χ0n) is 9.84. The van der Waals surface area contributed by atoms with Gasteiger partial charge in [-0.25, -0.2) is 4.98 Å². The molecule has 0 fully saturated rings. The van der Waals surface area contributed by atoms with Gasteiger partial charge in [-0.15, -0.1) is 0 Å². The van der Waals surface area contributed by atoms with Crippen molar-refractivity contribution >= 4 is 44.8 Å². The smallest absolute Gasteiger partial charge is 0.283 e. The summed E-state index contributed by atoms with van der Waals surface area (Å²) in [4.78, 5) is 26.3. The van der Waals surface area contributed by atoms with Gasteiger partial charge in [0.2, 0.25) is 0 Å². The van der Waals surface area contributed by atoms with Gasteiger partial charge in [-0.2, -0.15) is 0 Å². The fraction of sp³-hybridized carbons (Fsp3) is 0. The van der Waals surface area contributed by atoms with Gasteiger partial charge in [0.25, 0.3) is 11.6 Å². The molecular weight excluding hydrogens is 350 g/mol. The van der Waals surface area contributed by atoms with E-state index in [0.717, 1.165) is 6.07 Å². The van der Waals surface area contributed by atoms with Crippen molar-refractivity contribution in [3.05, 3.63) is 61.8 Å². The topological polar surface area (TPSA) is 85.1 Å². The molecule has 1 N–H and O–H groups in total. The lowest BCUT2D eigenvalue weighted by Gasteiger charge is -2.07. The Balaban J connectivity index is 2.35. The lowest BCUT2D eigenvalue weighted by molar-refractivity contribution is -0.385. The molecule has 0 radical (unpaired) electrons. The number of pyridine rings is 1. The van der Waals surface area contributed by atoms with E-state index in [9.17, 15) is 14.9 Å².